The van der Waals surface area contributed by atoms with Gasteiger partial charge in [0, 0.05) is 19.2 Å². The minimum Gasteiger partial charge on any atom is -0.396 e. The van der Waals surface area contributed by atoms with Gasteiger partial charge in [0.2, 0.25) is 0 Å². The molecule has 1 aromatic rings. The first-order valence-corrected chi connectivity index (χ1v) is 7.45. The van der Waals surface area contributed by atoms with E-state index in [1.165, 1.54) is 0 Å². The normalized spacial score (nSPS) is 15.3. The summed E-state index contributed by atoms with van der Waals surface area (Å²) in [6.45, 7) is 0.534. The molecule has 21 heavy (non-hydrogen) atoms. The van der Waals surface area contributed by atoms with Gasteiger partial charge in [-0.3, -0.25) is 9.59 Å². The predicted octanol–water partition coefficient (Wildman–Crippen LogP) is 0.937. The van der Waals surface area contributed by atoms with Gasteiger partial charge in [0.25, 0.3) is 0 Å². The molecular formula is C16H22N2O3. The fraction of sp³-hybridized carbons (Fsp3) is 0.500. The minimum absolute atomic E-state index is 0.107. The molecule has 0 aromatic heterocycles. The lowest BCUT2D eigenvalue weighted by atomic mass is 9.93. The Balaban J connectivity index is 1.76. The number of carbonyl (C=O) groups excluding carboxylic acids is 2. The first kappa shape index (κ1) is 15.5. The standard InChI is InChI=1S/C16H22N2O3/c19-11-9-13(12-4-2-1-3-5-12)8-10-17-15(20)16(21)18-14-6-7-14/h1-5,13-14,19H,6-11H2,(H,17,20)(H,18,21)/t13-/m1/s1. The van der Waals surface area contributed by atoms with E-state index in [0.29, 0.717) is 19.4 Å². The Kier molecular flexibility index (Phi) is 5.75. The van der Waals surface area contributed by atoms with Gasteiger partial charge >= 0.3 is 11.8 Å². The topological polar surface area (TPSA) is 78.4 Å². The van der Waals surface area contributed by atoms with Crippen LogP contribution in [0.5, 0.6) is 0 Å². The molecule has 3 N–H and O–H groups in total. The van der Waals surface area contributed by atoms with Crippen molar-refractivity contribution in [2.75, 3.05) is 13.2 Å². The van der Waals surface area contributed by atoms with E-state index in [4.69, 9.17) is 5.11 Å². The Hall–Kier alpha value is -1.88. The zero-order chi connectivity index (χ0) is 15.1. The summed E-state index contributed by atoms with van der Waals surface area (Å²) >= 11 is 0. The Morgan fingerprint density at radius 1 is 1.14 bits per heavy atom. The van der Waals surface area contributed by atoms with Crippen LogP contribution in [0.25, 0.3) is 0 Å². The predicted molar refractivity (Wildman–Crippen MR) is 79.7 cm³/mol. The Labute approximate surface area is 124 Å². The lowest BCUT2D eigenvalue weighted by Gasteiger charge is -2.16. The molecule has 0 bridgehead atoms. The van der Waals surface area contributed by atoms with E-state index in [-0.39, 0.29) is 18.6 Å². The summed E-state index contributed by atoms with van der Waals surface area (Å²) < 4.78 is 0. The van der Waals surface area contributed by atoms with E-state index in [0.717, 1.165) is 18.4 Å². The van der Waals surface area contributed by atoms with Gasteiger partial charge in [0.1, 0.15) is 0 Å². The molecule has 2 amide bonds. The fourth-order valence-corrected chi connectivity index (χ4v) is 2.28. The molecule has 1 atom stereocenters. The van der Waals surface area contributed by atoms with Crippen molar-refractivity contribution in [3.63, 3.8) is 0 Å². The summed E-state index contributed by atoms with van der Waals surface area (Å²) in [5.41, 5.74) is 1.14. The molecule has 1 aliphatic rings. The summed E-state index contributed by atoms with van der Waals surface area (Å²) in [7, 11) is 0. The first-order chi connectivity index (χ1) is 10.2. The molecule has 0 heterocycles. The minimum atomic E-state index is -0.572. The molecular weight excluding hydrogens is 268 g/mol. The molecule has 1 aliphatic carbocycles. The zero-order valence-electron chi connectivity index (χ0n) is 12.0. The van der Waals surface area contributed by atoms with Crippen LogP contribution in [0.15, 0.2) is 30.3 Å². The summed E-state index contributed by atoms with van der Waals surface area (Å²) in [4.78, 5) is 23.1. The van der Waals surface area contributed by atoms with E-state index in [1.54, 1.807) is 0 Å². The third kappa shape index (κ3) is 5.19. The van der Waals surface area contributed by atoms with Crippen molar-refractivity contribution < 1.29 is 14.7 Å². The van der Waals surface area contributed by atoms with Gasteiger partial charge in [-0.2, -0.15) is 0 Å². The second kappa shape index (κ2) is 7.78. The molecule has 114 valence electrons. The van der Waals surface area contributed by atoms with Crippen LogP contribution in [0.1, 0.15) is 37.2 Å². The lowest BCUT2D eigenvalue weighted by Crippen LogP contribution is -2.41. The number of hydrogen-bond donors (Lipinski definition) is 3. The molecule has 1 aromatic carbocycles. The molecule has 0 unspecified atom stereocenters. The number of amides is 2. The van der Waals surface area contributed by atoms with Gasteiger partial charge in [-0.15, -0.1) is 0 Å². The largest absolute Gasteiger partial charge is 0.396 e. The van der Waals surface area contributed by atoms with Crippen LogP contribution in [0.2, 0.25) is 0 Å². The highest BCUT2D eigenvalue weighted by Gasteiger charge is 2.26. The van der Waals surface area contributed by atoms with Gasteiger partial charge < -0.3 is 15.7 Å². The maximum atomic E-state index is 11.6. The molecule has 5 nitrogen and oxygen atoms in total. The van der Waals surface area contributed by atoms with Gasteiger partial charge in [-0.25, -0.2) is 0 Å². The van der Waals surface area contributed by atoms with Crippen LogP contribution in [-0.4, -0.2) is 36.1 Å². The fourth-order valence-electron chi connectivity index (χ4n) is 2.28. The van der Waals surface area contributed by atoms with Crippen molar-refractivity contribution >= 4 is 11.8 Å². The van der Waals surface area contributed by atoms with Crippen LogP contribution in [0, 0.1) is 0 Å². The maximum Gasteiger partial charge on any atom is 0.309 e. The Morgan fingerprint density at radius 3 is 2.48 bits per heavy atom. The van der Waals surface area contributed by atoms with Crippen LogP contribution in [0.3, 0.4) is 0 Å². The van der Waals surface area contributed by atoms with Crippen molar-refractivity contribution in [2.24, 2.45) is 0 Å². The van der Waals surface area contributed by atoms with Gasteiger partial charge in [-0.1, -0.05) is 30.3 Å². The van der Waals surface area contributed by atoms with Crippen LogP contribution < -0.4 is 10.6 Å². The number of benzene rings is 1. The van der Waals surface area contributed by atoms with E-state index < -0.39 is 11.8 Å². The van der Waals surface area contributed by atoms with Gasteiger partial charge in [0.05, 0.1) is 0 Å². The highest BCUT2D eigenvalue weighted by atomic mass is 16.3. The highest BCUT2D eigenvalue weighted by molar-refractivity contribution is 6.35. The SMILES string of the molecule is O=C(NCC[C@H](CCO)c1ccccc1)C(=O)NC1CC1. The number of aliphatic hydroxyl groups is 1. The molecule has 1 fully saturated rings. The van der Waals surface area contributed by atoms with Crippen molar-refractivity contribution in [3.8, 4) is 0 Å². The smallest absolute Gasteiger partial charge is 0.309 e. The van der Waals surface area contributed by atoms with Crippen molar-refractivity contribution in [1.82, 2.24) is 10.6 Å². The molecule has 0 aliphatic heterocycles. The molecule has 0 spiro atoms. The van der Waals surface area contributed by atoms with E-state index in [9.17, 15) is 9.59 Å². The third-order valence-corrected chi connectivity index (χ3v) is 3.65. The molecule has 1 saturated carbocycles. The summed E-state index contributed by atoms with van der Waals surface area (Å²) in [5.74, 6) is -0.934. The quantitative estimate of drug-likeness (QED) is 0.654. The van der Waals surface area contributed by atoms with Crippen molar-refractivity contribution in [2.45, 2.75) is 37.6 Å². The number of rotatable bonds is 7. The Morgan fingerprint density at radius 2 is 1.86 bits per heavy atom. The number of carbonyl (C=O) groups is 2. The first-order valence-electron chi connectivity index (χ1n) is 7.45. The summed E-state index contributed by atoms with van der Waals surface area (Å²) in [6.07, 6.45) is 3.28. The number of hydrogen-bond acceptors (Lipinski definition) is 3. The van der Waals surface area contributed by atoms with Crippen molar-refractivity contribution in [3.05, 3.63) is 35.9 Å². The van der Waals surface area contributed by atoms with E-state index >= 15 is 0 Å². The van der Waals surface area contributed by atoms with Crippen LogP contribution in [-0.2, 0) is 9.59 Å². The summed E-state index contributed by atoms with van der Waals surface area (Å²) in [5, 5.41) is 14.4. The molecule has 0 saturated heterocycles. The van der Waals surface area contributed by atoms with Crippen LogP contribution in [0.4, 0.5) is 0 Å². The highest BCUT2D eigenvalue weighted by Crippen LogP contribution is 2.22. The van der Waals surface area contributed by atoms with Gasteiger partial charge in [-0.05, 0) is 37.2 Å². The van der Waals surface area contributed by atoms with E-state index in [1.807, 2.05) is 30.3 Å². The third-order valence-electron chi connectivity index (χ3n) is 3.65. The number of nitrogens with one attached hydrogen (secondary N) is 2. The van der Waals surface area contributed by atoms with Crippen molar-refractivity contribution in [1.29, 1.82) is 0 Å². The number of aliphatic hydroxyl groups excluding tert-OH is 1. The Bertz CT molecular complexity index is 472. The second-order valence-electron chi connectivity index (χ2n) is 5.41. The molecule has 5 heteroatoms. The molecule has 2 rings (SSSR count). The zero-order valence-corrected chi connectivity index (χ0v) is 12.0. The van der Waals surface area contributed by atoms with E-state index in [2.05, 4.69) is 10.6 Å². The maximum absolute atomic E-state index is 11.6. The monoisotopic (exact) mass is 290 g/mol. The van der Waals surface area contributed by atoms with Gasteiger partial charge in [0.15, 0.2) is 0 Å². The summed E-state index contributed by atoms with van der Waals surface area (Å²) in [6, 6.07) is 10.1. The second-order valence-corrected chi connectivity index (χ2v) is 5.41. The van der Waals surface area contributed by atoms with Crippen LogP contribution >= 0.6 is 0 Å². The molecule has 0 radical (unpaired) electrons. The average Bonchev–Trinajstić information content (AvgIpc) is 3.31. The average molecular weight is 290 g/mol. The lowest BCUT2D eigenvalue weighted by molar-refractivity contribution is -0.139.